The normalized spacial score (nSPS) is 11.2. The second kappa shape index (κ2) is 22.6. The molecule has 0 unspecified atom stereocenters. The van der Waals surface area contributed by atoms with Gasteiger partial charge in [0.25, 0.3) is 5.82 Å². The first kappa shape index (κ1) is 47.6. The Morgan fingerprint density at radius 1 is 0.619 bits per heavy atom. The summed E-state index contributed by atoms with van der Waals surface area (Å²) in [5.41, 5.74) is 14.5. The molecule has 0 saturated heterocycles. The number of carbonyl (C=O) groups is 2. The van der Waals surface area contributed by atoms with Crippen LogP contribution in [0.5, 0.6) is 0 Å². The van der Waals surface area contributed by atoms with Gasteiger partial charge in [-0.2, -0.15) is 17.6 Å². The number of benzene rings is 2. The van der Waals surface area contributed by atoms with Crippen LogP contribution in [0.4, 0.5) is 29.2 Å². The van der Waals surface area contributed by atoms with Gasteiger partial charge in [0.15, 0.2) is 6.54 Å². The lowest BCUT2D eigenvalue weighted by atomic mass is 10.1. The van der Waals surface area contributed by atoms with Crippen molar-refractivity contribution in [3.05, 3.63) is 182 Å². The van der Waals surface area contributed by atoms with Crippen LogP contribution < -0.4 is 37.5 Å². The molecule has 4 heterocycles. The lowest BCUT2D eigenvalue weighted by Gasteiger charge is -2.18. The second-order valence-electron chi connectivity index (χ2n) is 13.8. The van der Waals surface area contributed by atoms with Gasteiger partial charge in [-0.15, -0.1) is 0 Å². The van der Waals surface area contributed by atoms with E-state index < -0.39 is 36.5 Å². The summed E-state index contributed by atoms with van der Waals surface area (Å²) >= 11 is 12.2. The zero-order valence-corrected chi connectivity index (χ0v) is 35.2. The highest BCUT2D eigenvalue weighted by molar-refractivity contribution is 6.31. The molecule has 4 aromatic heterocycles. The average molecular weight is 908 g/mol. The molecule has 0 radical (unpaired) electrons. The van der Waals surface area contributed by atoms with E-state index in [1.54, 1.807) is 6.07 Å². The molecule has 0 atom stereocenters. The number of nitrogens with zero attached hydrogens (tertiary/aromatic N) is 4. The van der Waals surface area contributed by atoms with Crippen molar-refractivity contribution in [2.75, 3.05) is 23.7 Å². The minimum Gasteiger partial charge on any atom is -0.710 e. The van der Waals surface area contributed by atoms with Crippen LogP contribution in [0.2, 0.25) is 10.0 Å². The van der Waals surface area contributed by atoms with Gasteiger partial charge in [0.05, 0.1) is 35.1 Å². The van der Waals surface area contributed by atoms with Crippen molar-refractivity contribution in [2.24, 2.45) is 11.5 Å². The smallest absolute Gasteiger partial charge is 0.325 e. The number of alkyl halides is 4. The van der Waals surface area contributed by atoms with Crippen molar-refractivity contribution < 1.29 is 31.9 Å². The van der Waals surface area contributed by atoms with Gasteiger partial charge >= 0.3 is 11.8 Å². The molecule has 6 aromatic rings. The van der Waals surface area contributed by atoms with Gasteiger partial charge in [0.1, 0.15) is 22.9 Å². The Morgan fingerprint density at radius 3 is 1.60 bits per heavy atom. The molecule has 0 aliphatic rings. The first-order valence-corrected chi connectivity index (χ1v) is 20.2. The Bertz CT molecular complexity index is 2460. The molecule has 6 rings (SSSR count). The van der Waals surface area contributed by atoms with Crippen molar-refractivity contribution in [1.82, 2.24) is 25.6 Å². The summed E-state index contributed by atoms with van der Waals surface area (Å²) in [6.45, 7) is -0.296. The Labute approximate surface area is 370 Å². The SMILES string of the molecule is NCc1ccccc1CNC(=O)Cc1c(Cl)ccc(NCC(F)(F)c2ccccn2)[n+]1[O-].NCc1ccccc1CNC(=O)Cc1nc(NCC(F)(F)c2ccccn2)ccc1Cl. The number of anilines is 2. The molecule has 2 aromatic carbocycles. The van der Waals surface area contributed by atoms with E-state index in [9.17, 15) is 32.4 Å². The number of pyridine rings is 4. The van der Waals surface area contributed by atoms with Gasteiger partial charge in [-0.05, 0) is 64.7 Å². The molecule has 19 heteroatoms. The number of aromatic nitrogens is 4. The quantitative estimate of drug-likeness (QED) is 0.0313. The van der Waals surface area contributed by atoms with Gasteiger partial charge < -0.3 is 32.6 Å². The maximum Gasteiger partial charge on any atom is 0.325 e. The first-order chi connectivity index (χ1) is 30.2. The maximum atomic E-state index is 14.4. The second-order valence-corrected chi connectivity index (χ2v) is 14.6. The summed E-state index contributed by atoms with van der Waals surface area (Å²) < 4.78 is 57.7. The summed E-state index contributed by atoms with van der Waals surface area (Å²) in [6.07, 6.45) is 2.17. The monoisotopic (exact) mass is 906 g/mol. The fourth-order valence-corrected chi connectivity index (χ4v) is 6.35. The fraction of sp³-hybridized carbons (Fsp3) is 0.227. The van der Waals surface area contributed by atoms with Crippen LogP contribution in [0.3, 0.4) is 0 Å². The van der Waals surface area contributed by atoms with E-state index in [0.29, 0.717) is 24.4 Å². The van der Waals surface area contributed by atoms with Crippen LogP contribution in [-0.4, -0.2) is 39.9 Å². The Balaban J connectivity index is 0.000000238. The summed E-state index contributed by atoms with van der Waals surface area (Å²) in [6, 6.07) is 29.1. The van der Waals surface area contributed by atoms with Crippen molar-refractivity contribution in [2.45, 2.75) is 50.9 Å². The highest BCUT2D eigenvalue weighted by atomic mass is 35.5. The van der Waals surface area contributed by atoms with Crippen molar-refractivity contribution in [3.8, 4) is 0 Å². The minimum atomic E-state index is -3.30. The third-order valence-corrected chi connectivity index (χ3v) is 10.1. The van der Waals surface area contributed by atoms with Crippen LogP contribution in [0.25, 0.3) is 0 Å². The zero-order valence-electron chi connectivity index (χ0n) is 33.6. The van der Waals surface area contributed by atoms with Gasteiger partial charge in [-0.3, -0.25) is 24.9 Å². The van der Waals surface area contributed by atoms with Crippen LogP contribution in [-0.2, 0) is 60.5 Å². The zero-order chi connectivity index (χ0) is 45.4. The predicted octanol–water partition coefficient (Wildman–Crippen LogP) is 6.54. The van der Waals surface area contributed by atoms with E-state index in [1.165, 1.54) is 67.0 Å². The molecule has 8 N–H and O–H groups in total. The molecule has 13 nitrogen and oxygen atoms in total. The van der Waals surface area contributed by atoms with E-state index in [1.807, 2.05) is 48.5 Å². The summed E-state index contributed by atoms with van der Waals surface area (Å²) in [5, 5.41) is 23.5. The highest BCUT2D eigenvalue weighted by Gasteiger charge is 2.36. The third-order valence-electron chi connectivity index (χ3n) is 9.39. The summed E-state index contributed by atoms with van der Waals surface area (Å²) in [4.78, 5) is 36.3. The molecular formula is C44H44Cl2F4N10O3. The van der Waals surface area contributed by atoms with Crippen LogP contribution in [0.15, 0.2) is 122 Å². The Kier molecular flexibility index (Phi) is 17.1. The molecule has 0 fully saturated rings. The molecular weight excluding hydrogens is 863 g/mol. The molecule has 0 aliphatic carbocycles. The molecule has 63 heavy (non-hydrogen) atoms. The van der Waals surface area contributed by atoms with Gasteiger partial charge in [0, 0.05) is 44.6 Å². The van der Waals surface area contributed by atoms with E-state index in [0.717, 1.165) is 22.3 Å². The number of rotatable bonds is 18. The third kappa shape index (κ3) is 13.8. The van der Waals surface area contributed by atoms with Gasteiger partial charge in [-0.25, -0.2) is 9.71 Å². The predicted molar refractivity (Wildman–Crippen MR) is 233 cm³/mol. The van der Waals surface area contributed by atoms with Crippen LogP contribution in [0.1, 0.15) is 45.0 Å². The number of nitrogens with one attached hydrogen (secondary N) is 4. The van der Waals surface area contributed by atoms with Gasteiger partial charge in [-0.1, -0.05) is 83.9 Å². The number of nitrogens with two attached hydrogens (primary N) is 2. The van der Waals surface area contributed by atoms with Crippen molar-refractivity contribution >= 4 is 46.7 Å². The lowest BCUT2D eigenvalue weighted by molar-refractivity contribution is -0.598. The van der Waals surface area contributed by atoms with Crippen molar-refractivity contribution in [3.63, 3.8) is 0 Å². The standard InChI is InChI=1S/C22H22ClF2N5O2.C22H22ClF2N5O/c23-17-8-9-20(29-14-22(24,25)19-7-3-4-10-27-19)30(32)18(17)11-21(31)28-13-16-6-2-1-5-15(16)12-26;23-17-8-9-20(29-14-22(24,25)19-7-3-4-10-27-19)30-18(17)11-21(31)28-13-16-6-2-1-5-15(16)12-26/h1-10,29H,11-14,26H2,(H,28,31);1-10H,11-14,26H2,(H,28,31)(H,29,30). The maximum absolute atomic E-state index is 14.4. The summed E-state index contributed by atoms with van der Waals surface area (Å²) in [7, 11) is 0. The number of carbonyl (C=O) groups excluding carboxylic acids is 2. The Hall–Kier alpha value is -6.40. The molecule has 0 bridgehead atoms. The molecule has 2 amide bonds. The van der Waals surface area contributed by atoms with Crippen molar-refractivity contribution in [1.29, 1.82) is 0 Å². The van der Waals surface area contributed by atoms with E-state index >= 15 is 0 Å². The molecule has 0 spiro atoms. The number of amides is 2. The topological polar surface area (TPSA) is 200 Å². The molecule has 0 saturated carbocycles. The molecule has 330 valence electrons. The fourth-order valence-electron chi connectivity index (χ4n) is 5.97. The minimum absolute atomic E-state index is 0.0533. The van der Waals surface area contributed by atoms with Gasteiger partial charge in [0.2, 0.25) is 11.8 Å². The number of hydrogen-bond acceptors (Lipinski definition) is 10. The first-order valence-electron chi connectivity index (χ1n) is 19.4. The summed E-state index contributed by atoms with van der Waals surface area (Å²) in [5.74, 6) is -7.19. The lowest BCUT2D eigenvalue weighted by Crippen LogP contribution is -2.40. The van der Waals surface area contributed by atoms with E-state index in [4.69, 9.17) is 34.7 Å². The number of halogens is 6. The Morgan fingerprint density at radius 2 is 1.10 bits per heavy atom. The van der Waals surface area contributed by atoms with E-state index in [2.05, 4.69) is 36.2 Å². The number of hydrogen-bond donors (Lipinski definition) is 6. The highest BCUT2D eigenvalue weighted by Crippen LogP contribution is 2.28. The largest absolute Gasteiger partial charge is 0.710 e. The average Bonchev–Trinajstić information content (AvgIpc) is 3.30. The van der Waals surface area contributed by atoms with Crippen LogP contribution in [0, 0.1) is 5.21 Å². The van der Waals surface area contributed by atoms with Crippen LogP contribution >= 0.6 is 23.2 Å². The van der Waals surface area contributed by atoms with E-state index in [-0.39, 0.29) is 64.1 Å². The molecule has 0 aliphatic heterocycles.